The minimum atomic E-state index is -3.84. The number of hydrogen-bond acceptors (Lipinski definition) is 6. The third-order valence-corrected chi connectivity index (χ3v) is 4.27. The highest BCUT2D eigenvalue weighted by molar-refractivity contribution is 7.90. The Kier molecular flexibility index (Phi) is 10.6. The van der Waals surface area contributed by atoms with Gasteiger partial charge in [-0.15, -0.1) is 0 Å². The molecule has 0 aromatic rings. The Labute approximate surface area is 141 Å². The molecular formula is C14H24N2O7S. The molecule has 0 rings (SSSR count). The van der Waals surface area contributed by atoms with Crippen molar-refractivity contribution in [1.29, 1.82) is 0 Å². The van der Waals surface area contributed by atoms with Gasteiger partial charge in [0.15, 0.2) is 0 Å². The van der Waals surface area contributed by atoms with Crippen LogP contribution < -0.4 is 10.0 Å². The van der Waals surface area contributed by atoms with Gasteiger partial charge in [0.1, 0.15) is 5.78 Å². The molecule has 0 atom stereocenters. The molecular weight excluding hydrogens is 340 g/mol. The zero-order valence-electron chi connectivity index (χ0n) is 13.7. The molecule has 0 fully saturated rings. The monoisotopic (exact) mass is 364 g/mol. The summed E-state index contributed by atoms with van der Waals surface area (Å²) in [5.74, 6) is -2.47. The second kappa shape index (κ2) is 11.5. The molecule has 3 N–H and O–H groups in total. The molecule has 9 nitrogen and oxygen atoms in total. The van der Waals surface area contributed by atoms with Crippen LogP contribution in [-0.2, 0) is 29.2 Å². The summed E-state index contributed by atoms with van der Waals surface area (Å²) < 4.78 is 25.1. The van der Waals surface area contributed by atoms with Gasteiger partial charge in [0.2, 0.25) is 21.8 Å². The van der Waals surface area contributed by atoms with Crippen LogP contribution in [-0.4, -0.2) is 49.4 Å². The van der Waals surface area contributed by atoms with Crippen molar-refractivity contribution in [2.75, 3.05) is 12.3 Å². The Morgan fingerprint density at radius 3 is 2.08 bits per heavy atom. The summed E-state index contributed by atoms with van der Waals surface area (Å²) in [5, 5.41) is 11.0. The molecule has 0 aliphatic heterocycles. The number of carbonyl (C=O) groups excluding carboxylic acids is 3. The lowest BCUT2D eigenvalue weighted by Gasteiger charge is -2.07. The summed E-state index contributed by atoms with van der Waals surface area (Å²) in [6.07, 6.45) is 0.609. The van der Waals surface area contributed by atoms with Gasteiger partial charge < -0.3 is 15.2 Å². The van der Waals surface area contributed by atoms with Crippen LogP contribution >= 0.6 is 0 Å². The molecule has 0 radical (unpaired) electrons. The van der Waals surface area contributed by atoms with E-state index in [0.29, 0.717) is 19.4 Å². The number of amides is 2. The molecule has 0 saturated carbocycles. The van der Waals surface area contributed by atoms with Crippen LogP contribution in [0.5, 0.6) is 0 Å². The number of carbonyl (C=O) groups is 4. The summed E-state index contributed by atoms with van der Waals surface area (Å²) in [6, 6.07) is 0. The van der Waals surface area contributed by atoms with Crippen LogP contribution in [0.1, 0.15) is 51.9 Å². The fourth-order valence-electron chi connectivity index (χ4n) is 1.75. The fourth-order valence-corrected chi connectivity index (χ4v) is 2.83. The number of nitrogens with one attached hydrogen (secondary N) is 2. The molecule has 0 aromatic heterocycles. The van der Waals surface area contributed by atoms with Gasteiger partial charge in [0.25, 0.3) is 0 Å². The van der Waals surface area contributed by atoms with Crippen molar-refractivity contribution in [1.82, 2.24) is 10.0 Å². The number of rotatable bonds is 13. The predicted octanol–water partition coefficient (Wildman–Crippen LogP) is -0.0471. The molecule has 0 spiro atoms. The number of carboxylic acid groups (broad SMARTS) is 1. The van der Waals surface area contributed by atoms with E-state index in [4.69, 9.17) is 5.11 Å². The van der Waals surface area contributed by atoms with E-state index in [1.54, 1.807) is 0 Å². The van der Waals surface area contributed by atoms with Crippen molar-refractivity contribution >= 4 is 33.6 Å². The molecule has 10 heteroatoms. The van der Waals surface area contributed by atoms with E-state index >= 15 is 0 Å². The van der Waals surface area contributed by atoms with E-state index < -0.39 is 21.9 Å². The van der Waals surface area contributed by atoms with E-state index in [2.05, 4.69) is 5.32 Å². The quantitative estimate of drug-likeness (QED) is 0.388. The van der Waals surface area contributed by atoms with Crippen LogP contribution in [0.25, 0.3) is 0 Å². The van der Waals surface area contributed by atoms with Gasteiger partial charge in [-0.25, -0.2) is 8.42 Å². The Morgan fingerprint density at radius 2 is 1.50 bits per heavy atom. The summed E-state index contributed by atoms with van der Waals surface area (Å²) in [5.41, 5.74) is 0. The standard InChI is InChI=1S/C14H24N2O7S/c1-11(17)5-3-9-15-12(18)7-4-10-24(22,23)16-13(19)6-2-8-14(20)21/h2-10H2,1H3,(H,15,18)(H,16,19)(H,20,21). The number of Topliss-reactive ketones (excluding diaryl/α,β-unsaturated/α-hetero) is 1. The van der Waals surface area contributed by atoms with E-state index in [1.165, 1.54) is 6.92 Å². The van der Waals surface area contributed by atoms with Gasteiger partial charge in [0.05, 0.1) is 5.75 Å². The number of carboxylic acids is 1. The molecule has 0 aliphatic rings. The lowest BCUT2D eigenvalue weighted by molar-refractivity contribution is -0.137. The highest BCUT2D eigenvalue weighted by atomic mass is 32.2. The third-order valence-electron chi connectivity index (χ3n) is 2.91. The first-order chi connectivity index (χ1) is 11.1. The van der Waals surface area contributed by atoms with Crippen LogP contribution in [0.4, 0.5) is 0 Å². The van der Waals surface area contributed by atoms with E-state index in [0.717, 1.165) is 0 Å². The number of aliphatic carboxylic acids is 1. The summed E-state index contributed by atoms with van der Waals surface area (Å²) >= 11 is 0. The van der Waals surface area contributed by atoms with Crippen LogP contribution in [0.3, 0.4) is 0 Å². The van der Waals surface area contributed by atoms with Crippen molar-refractivity contribution in [2.45, 2.75) is 51.9 Å². The average molecular weight is 364 g/mol. The fraction of sp³-hybridized carbons (Fsp3) is 0.714. The Bertz CT molecular complexity index is 557. The smallest absolute Gasteiger partial charge is 0.303 e. The summed E-state index contributed by atoms with van der Waals surface area (Å²) in [4.78, 5) is 43.9. The van der Waals surface area contributed by atoms with Gasteiger partial charge in [0, 0.05) is 32.2 Å². The molecule has 0 aliphatic carbocycles. The maximum atomic E-state index is 11.6. The second-order valence-electron chi connectivity index (χ2n) is 5.35. The molecule has 0 saturated heterocycles. The van der Waals surface area contributed by atoms with Gasteiger partial charge in [-0.05, 0) is 26.2 Å². The van der Waals surface area contributed by atoms with E-state index in [9.17, 15) is 27.6 Å². The van der Waals surface area contributed by atoms with Gasteiger partial charge in [-0.3, -0.25) is 19.1 Å². The molecule has 0 heterocycles. The minimum absolute atomic E-state index is 0.00577. The zero-order chi connectivity index (χ0) is 18.6. The minimum Gasteiger partial charge on any atom is -0.481 e. The van der Waals surface area contributed by atoms with Crippen molar-refractivity contribution in [3.8, 4) is 0 Å². The first-order valence-electron chi connectivity index (χ1n) is 7.63. The maximum Gasteiger partial charge on any atom is 0.303 e. The van der Waals surface area contributed by atoms with E-state index in [1.807, 2.05) is 4.72 Å². The molecule has 0 bridgehead atoms. The first kappa shape index (κ1) is 22.0. The van der Waals surface area contributed by atoms with Gasteiger partial charge >= 0.3 is 5.97 Å². The highest BCUT2D eigenvalue weighted by Crippen LogP contribution is 1.99. The van der Waals surface area contributed by atoms with Gasteiger partial charge in [-0.2, -0.15) is 0 Å². The Balaban J connectivity index is 3.90. The topological polar surface area (TPSA) is 147 Å². The van der Waals surface area contributed by atoms with Crippen LogP contribution in [0.15, 0.2) is 0 Å². The molecule has 0 aromatic carbocycles. The summed E-state index contributed by atoms with van der Waals surface area (Å²) in [7, 11) is -3.84. The second-order valence-corrected chi connectivity index (χ2v) is 7.19. The third kappa shape index (κ3) is 13.7. The van der Waals surface area contributed by atoms with Crippen molar-refractivity contribution in [3.05, 3.63) is 0 Å². The van der Waals surface area contributed by atoms with E-state index in [-0.39, 0.29) is 49.5 Å². The van der Waals surface area contributed by atoms with Crippen molar-refractivity contribution in [2.24, 2.45) is 0 Å². The van der Waals surface area contributed by atoms with Crippen LogP contribution in [0.2, 0.25) is 0 Å². The average Bonchev–Trinajstić information content (AvgIpc) is 2.42. The first-order valence-corrected chi connectivity index (χ1v) is 9.29. The number of ketones is 1. The molecule has 138 valence electrons. The van der Waals surface area contributed by atoms with Crippen molar-refractivity contribution < 1.29 is 32.7 Å². The molecule has 24 heavy (non-hydrogen) atoms. The SMILES string of the molecule is CC(=O)CCCNC(=O)CCCS(=O)(=O)NC(=O)CCCC(=O)O. The highest BCUT2D eigenvalue weighted by Gasteiger charge is 2.15. The zero-order valence-corrected chi connectivity index (χ0v) is 14.5. The predicted molar refractivity (Wildman–Crippen MR) is 85.6 cm³/mol. The largest absolute Gasteiger partial charge is 0.481 e. The van der Waals surface area contributed by atoms with Crippen molar-refractivity contribution in [3.63, 3.8) is 0 Å². The molecule has 2 amide bonds. The maximum absolute atomic E-state index is 11.6. The Hall–Kier alpha value is -1.97. The normalized spacial score (nSPS) is 10.9. The number of hydrogen-bond donors (Lipinski definition) is 3. The molecule has 0 unspecified atom stereocenters. The summed E-state index contributed by atoms with van der Waals surface area (Å²) in [6.45, 7) is 1.81. The van der Waals surface area contributed by atoms with Crippen LogP contribution in [0, 0.1) is 0 Å². The lowest BCUT2D eigenvalue weighted by Crippen LogP contribution is -2.33. The Morgan fingerprint density at radius 1 is 0.875 bits per heavy atom. The van der Waals surface area contributed by atoms with Gasteiger partial charge in [-0.1, -0.05) is 0 Å². The number of sulfonamides is 1. The lowest BCUT2D eigenvalue weighted by atomic mass is 10.2.